The number of aromatic nitrogens is 2. The monoisotopic (exact) mass is 461 g/mol. The van der Waals surface area contributed by atoms with Gasteiger partial charge in [0.2, 0.25) is 5.91 Å². The number of carbonyl (C=O) groups excluding carboxylic acids is 1. The SMILES string of the molecule is O=C(Nc1ccccc1-c1nc(Nc2ccc3c(c2)C=NC3)c2ccccc2n1)C1CCCCC1. The van der Waals surface area contributed by atoms with Crippen LogP contribution in [-0.2, 0) is 11.3 Å². The van der Waals surface area contributed by atoms with Gasteiger partial charge in [-0.15, -0.1) is 0 Å². The van der Waals surface area contributed by atoms with Crippen LogP contribution in [0.4, 0.5) is 17.2 Å². The molecule has 0 radical (unpaired) electrons. The van der Waals surface area contributed by atoms with E-state index in [2.05, 4.69) is 33.8 Å². The van der Waals surface area contributed by atoms with Gasteiger partial charge in [-0.05, 0) is 60.4 Å². The van der Waals surface area contributed by atoms with Crippen molar-refractivity contribution in [1.29, 1.82) is 0 Å². The first-order valence-electron chi connectivity index (χ1n) is 12.3. The highest BCUT2D eigenvalue weighted by Crippen LogP contribution is 2.32. The number of benzene rings is 3. The number of carbonyl (C=O) groups is 1. The molecule has 1 fully saturated rings. The number of amides is 1. The lowest BCUT2D eigenvalue weighted by molar-refractivity contribution is -0.120. The van der Waals surface area contributed by atoms with Crippen LogP contribution >= 0.6 is 0 Å². The molecule has 0 unspecified atom stereocenters. The van der Waals surface area contributed by atoms with Gasteiger partial charge in [0.1, 0.15) is 5.82 Å². The predicted octanol–water partition coefficient (Wildman–Crippen LogP) is 6.49. The number of fused-ring (bicyclic) bond motifs is 2. The fraction of sp³-hybridized carbons (Fsp3) is 0.241. The number of rotatable bonds is 5. The van der Waals surface area contributed by atoms with E-state index in [0.29, 0.717) is 5.82 Å². The van der Waals surface area contributed by atoms with Gasteiger partial charge in [-0.1, -0.05) is 49.6 Å². The zero-order valence-corrected chi connectivity index (χ0v) is 19.5. The predicted molar refractivity (Wildman–Crippen MR) is 141 cm³/mol. The van der Waals surface area contributed by atoms with Crippen LogP contribution in [0.1, 0.15) is 43.2 Å². The fourth-order valence-corrected chi connectivity index (χ4v) is 4.99. The summed E-state index contributed by atoms with van der Waals surface area (Å²) in [6.07, 6.45) is 7.29. The van der Waals surface area contributed by atoms with Crippen molar-refractivity contribution in [2.75, 3.05) is 10.6 Å². The van der Waals surface area contributed by atoms with Crippen LogP contribution in [0.3, 0.4) is 0 Å². The van der Waals surface area contributed by atoms with E-state index in [1.54, 1.807) is 0 Å². The molecule has 0 atom stereocenters. The number of nitrogens with zero attached hydrogens (tertiary/aromatic N) is 3. The minimum absolute atomic E-state index is 0.0786. The third-order valence-electron chi connectivity index (χ3n) is 6.91. The third-order valence-corrected chi connectivity index (χ3v) is 6.91. The smallest absolute Gasteiger partial charge is 0.227 e. The molecule has 1 amide bonds. The summed E-state index contributed by atoms with van der Waals surface area (Å²) in [7, 11) is 0. The first-order valence-corrected chi connectivity index (χ1v) is 12.3. The fourth-order valence-electron chi connectivity index (χ4n) is 4.99. The van der Waals surface area contributed by atoms with Crippen LogP contribution in [0.2, 0.25) is 0 Å². The Bertz CT molecular complexity index is 1440. The molecule has 0 spiro atoms. The van der Waals surface area contributed by atoms with Gasteiger partial charge in [-0.2, -0.15) is 0 Å². The summed E-state index contributed by atoms with van der Waals surface area (Å²) in [5, 5.41) is 7.61. The van der Waals surface area contributed by atoms with Gasteiger partial charge in [0.25, 0.3) is 0 Å². The minimum atomic E-state index is 0.0786. The lowest BCUT2D eigenvalue weighted by atomic mass is 9.88. The lowest BCUT2D eigenvalue weighted by Crippen LogP contribution is -2.25. The van der Waals surface area contributed by atoms with Crippen molar-refractivity contribution < 1.29 is 4.79 Å². The summed E-state index contributed by atoms with van der Waals surface area (Å²) >= 11 is 0. The Kier molecular flexibility index (Phi) is 5.70. The van der Waals surface area contributed by atoms with Crippen molar-refractivity contribution >= 4 is 40.2 Å². The molecule has 1 aromatic heterocycles. The summed E-state index contributed by atoms with van der Waals surface area (Å²) in [5.41, 5.74) is 5.71. The van der Waals surface area contributed by atoms with Crippen molar-refractivity contribution in [3.8, 4) is 11.4 Å². The number of para-hydroxylation sites is 2. The second-order valence-electron chi connectivity index (χ2n) is 9.29. The number of hydrogen-bond donors (Lipinski definition) is 2. The second kappa shape index (κ2) is 9.29. The van der Waals surface area contributed by atoms with Crippen molar-refractivity contribution in [3.63, 3.8) is 0 Å². The molecule has 1 aliphatic carbocycles. The van der Waals surface area contributed by atoms with Crippen LogP contribution in [-0.4, -0.2) is 22.1 Å². The molecular formula is C29H27N5O. The highest BCUT2D eigenvalue weighted by atomic mass is 16.1. The Labute approximate surface area is 204 Å². The van der Waals surface area contributed by atoms with Gasteiger partial charge in [-0.3, -0.25) is 9.79 Å². The zero-order chi connectivity index (χ0) is 23.6. The van der Waals surface area contributed by atoms with Gasteiger partial charge in [-0.25, -0.2) is 9.97 Å². The average Bonchev–Trinajstić information content (AvgIpc) is 3.37. The summed E-state index contributed by atoms with van der Waals surface area (Å²) in [4.78, 5) is 27.1. The third kappa shape index (κ3) is 4.39. The molecule has 3 aromatic carbocycles. The molecule has 4 aromatic rings. The maximum Gasteiger partial charge on any atom is 0.227 e. The molecular weight excluding hydrogens is 434 g/mol. The summed E-state index contributed by atoms with van der Waals surface area (Å²) < 4.78 is 0. The van der Waals surface area contributed by atoms with Gasteiger partial charge in [0.15, 0.2) is 5.82 Å². The van der Waals surface area contributed by atoms with E-state index in [1.807, 2.05) is 54.7 Å². The van der Waals surface area contributed by atoms with Crippen molar-refractivity contribution in [2.24, 2.45) is 10.9 Å². The van der Waals surface area contributed by atoms with Crippen LogP contribution in [0.25, 0.3) is 22.3 Å². The quantitative estimate of drug-likeness (QED) is 0.356. The molecule has 6 heteroatoms. The summed E-state index contributed by atoms with van der Waals surface area (Å²) in [5.74, 6) is 1.48. The Balaban J connectivity index is 1.37. The number of nitrogens with one attached hydrogen (secondary N) is 2. The van der Waals surface area contributed by atoms with Crippen LogP contribution in [0.5, 0.6) is 0 Å². The Morgan fingerprint density at radius 2 is 1.71 bits per heavy atom. The molecule has 2 N–H and O–H groups in total. The molecule has 1 aliphatic heterocycles. The zero-order valence-electron chi connectivity index (χ0n) is 19.5. The average molecular weight is 462 g/mol. The molecule has 1 saturated carbocycles. The first kappa shape index (κ1) is 21.5. The second-order valence-corrected chi connectivity index (χ2v) is 9.29. The Hall–Kier alpha value is -4.06. The van der Waals surface area contributed by atoms with E-state index in [-0.39, 0.29) is 11.8 Å². The van der Waals surface area contributed by atoms with Crippen molar-refractivity contribution in [2.45, 2.75) is 38.6 Å². The number of hydrogen-bond acceptors (Lipinski definition) is 5. The van der Waals surface area contributed by atoms with Crippen LogP contribution in [0, 0.1) is 5.92 Å². The van der Waals surface area contributed by atoms with Crippen LogP contribution in [0.15, 0.2) is 71.7 Å². The molecule has 6 rings (SSSR count). The van der Waals surface area contributed by atoms with Crippen molar-refractivity contribution in [1.82, 2.24) is 9.97 Å². The molecule has 0 saturated heterocycles. The van der Waals surface area contributed by atoms with Gasteiger partial charge in [0, 0.05) is 28.8 Å². The minimum Gasteiger partial charge on any atom is -0.340 e. The topological polar surface area (TPSA) is 79.3 Å². The molecule has 0 bridgehead atoms. The van der Waals surface area contributed by atoms with E-state index in [9.17, 15) is 4.79 Å². The highest BCUT2D eigenvalue weighted by Gasteiger charge is 2.22. The Morgan fingerprint density at radius 3 is 2.63 bits per heavy atom. The number of aliphatic imine (C=N–C) groups is 1. The van der Waals surface area contributed by atoms with Gasteiger partial charge >= 0.3 is 0 Å². The van der Waals surface area contributed by atoms with Gasteiger partial charge in [0.05, 0.1) is 17.7 Å². The van der Waals surface area contributed by atoms with E-state index in [4.69, 9.17) is 9.97 Å². The largest absolute Gasteiger partial charge is 0.340 e. The molecule has 35 heavy (non-hydrogen) atoms. The maximum absolute atomic E-state index is 13.0. The highest BCUT2D eigenvalue weighted by molar-refractivity contribution is 5.98. The molecule has 2 heterocycles. The lowest BCUT2D eigenvalue weighted by Gasteiger charge is -2.21. The summed E-state index contributed by atoms with van der Waals surface area (Å²) in [6, 6.07) is 22.0. The number of anilines is 3. The van der Waals surface area contributed by atoms with E-state index in [0.717, 1.165) is 71.5 Å². The van der Waals surface area contributed by atoms with Gasteiger partial charge < -0.3 is 10.6 Å². The maximum atomic E-state index is 13.0. The van der Waals surface area contributed by atoms with E-state index >= 15 is 0 Å². The molecule has 2 aliphatic rings. The van der Waals surface area contributed by atoms with Crippen molar-refractivity contribution in [3.05, 3.63) is 77.9 Å². The molecule has 174 valence electrons. The Morgan fingerprint density at radius 1 is 0.886 bits per heavy atom. The van der Waals surface area contributed by atoms with Crippen LogP contribution < -0.4 is 10.6 Å². The summed E-state index contributed by atoms with van der Waals surface area (Å²) in [6.45, 7) is 0.736. The van der Waals surface area contributed by atoms with E-state index < -0.39 is 0 Å². The molecule has 6 nitrogen and oxygen atoms in total. The standard InChI is InChI=1S/C29H27N5O/c35-29(19-8-2-1-3-9-19)33-26-13-7-5-11-24(26)28-32-25-12-6-4-10-23(25)27(34-28)31-22-15-14-20-17-30-18-21(20)16-22/h4-7,10-16,18-19H,1-3,8-9,17H2,(H,33,35)(H,31,32,34). The van der Waals surface area contributed by atoms with E-state index in [1.165, 1.54) is 12.0 Å². The normalized spacial score (nSPS) is 15.2. The first-order chi connectivity index (χ1) is 17.2.